The molecule has 5 nitrogen and oxygen atoms in total. The second kappa shape index (κ2) is 8.96. The molecule has 4 atom stereocenters. The smallest absolute Gasteiger partial charge is 0.315 e. The van der Waals surface area contributed by atoms with Crippen LogP contribution in [-0.4, -0.2) is 28.6 Å². The third-order valence-corrected chi connectivity index (χ3v) is 6.31. The van der Waals surface area contributed by atoms with Crippen LogP contribution in [0.4, 0.5) is 0 Å². The Bertz CT molecular complexity index is 1030. The summed E-state index contributed by atoms with van der Waals surface area (Å²) in [5, 5.41) is 0. The fraction of sp³-hybridized carbons (Fsp3) is 0.385. The van der Waals surface area contributed by atoms with Gasteiger partial charge in [-0.3, -0.25) is 19.6 Å². The molecule has 0 saturated heterocycles. The van der Waals surface area contributed by atoms with E-state index in [0.717, 1.165) is 17.7 Å². The SMILES string of the molecule is CC[C@H](C)OC(=O)C1C(C)=NC2=C(C(=O)C[C@H](c3ccccc3)C2)[C@H]1c1ccccn1. The molecule has 0 saturated carbocycles. The molecule has 0 amide bonds. The summed E-state index contributed by atoms with van der Waals surface area (Å²) in [7, 11) is 0. The average Bonchev–Trinajstić information content (AvgIpc) is 2.79. The van der Waals surface area contributed by atoms with Crippen molar-refractivity contribution in [1.82, 2.24) is 4.98 Å². The predicted molar refractivity (Wildman–Crippen MR) is 120 cm³/mol. The largest absolute Gasteiger partial charge is 0.462 e. The Labute approximate surface area is 183 Å². The van der Waals surface area contributed by atoms with E-state index in [1.165, 1.54) is 0 Å². The van der Waals surface area contributed by atoms with Crippen molar-refractivity contribution in [2.45, 2.75) is 58.0 Å². The highest BCUT2D eigenvalue weighted by Crippen LogP contribution is 2.46. The highest BCUT2D eigenvalue weighted by Gasteiger charge is 2.45. The molecule has 2 heterocycles. The van der Waals surface area contributed by atoms with E-state index in [0.29, 0.717) is 29.8 Å². The number of nitrogens with zero attached hydrogens (tertiary/aromatic N) is 2. The van der Waals surface area contributed by atoms with Gasteiger partial charge in [-0.25, -0.2) is 0 Å². The monoisotopic (exact) mass is 416 g/mol. The zero-order valence-corrected chi connectivity index (χ0v) is 18.2. The number of aromatic nitrogens is 1. The van der Waals surface area contributed by atoms with Crippen molar-refractivity contribution in [3.63, 3.8) is 0 Å². The number of carbonyl (C=O) groups excluding carboxylic acids is 2. The number of hydrogen-bond donors (Lipinski definition) is 0. The molecule has 2 aliphatic rings. The molecular formula is C26H28N2O3. The second-order valence-corrected chi connectivity index (χ2v) is 8.42. The van der Waals surface area contributed by atoms with Gasteiger partial charge >= 0.3 is 5.97 Å². The van der Waals surface area contributed by atoms with E-state index in [2.05, 4.69) is 17.1 Å². The normalized spacial score (nSPS) is 24.3. The quantitative estimate of drug-likeness (QED) is 0.644. The molecule has 2 aromatic rings. The van der Waals surface area contributed by atoms with E-state index in [1.54, 1.807) is 6.20 Å². The van der Waals surface area contributed by atoms with Gasteiger partial charge in [-0.1, -0.05) is 43.3 Å². The number of hydrogen-bond acceptors (Lipinski definition) is 5. The summed E-state index contributed by atoms with van der Waals surface area (Å²) in [6, 6.07) is 15.7. The lowest BCUT2D eigenvalue weighted by Gasteiger charge is -2.36. The molecular weight excluding hydrogens is 388 g/mol. The number of allylic oxidation sites excluding steroid dienone is 2. The van der Waals surface area contributed by atoms with Gasteiger partial charge in [0.25, 0.3) is 0 Å². The zero-order valence-electron chi connectivity index (χ0n) is 18.2. The van der Waals surface area contributed by atoms with Crippen molar-refractivity contribution < 1.29 is 14.3 Å². The molecule has 1 aromatic heterocycles. The van der Waals surface area contributed by atoms with Gasteiger partial charge in [-0.05, 0) is 50.3 Å². The molecule has 0 spiro atoms. The molecule has 31 heavy (non-hydrogen) atoms. The van der Waals surface area contributed by atoms with Gasteiger partial charge in [0.1, 0.15) is 5.92 Å². The lowest BCUT2D eigenvalue weighted by molar-refractivity contribution is -0.151. The lowest BCUT2D eigenvalue weighted by atomic mass is 9.70. The molecule has 1 aliphatic heterocycles. The molecule has 1 unspecified atom stereocenters. The Hall–Kier alpha value is -3.08. The molecule has 160 valence electrons. The van der Waals surface area contributed by atoms with E-state index in [1.807, 2.05) is 57.2 Å². The molecule has 0 N–H and O–H groups in total. The third-order valence-electron chi connectivity index (χ3n) is 6.31. The molecule has 5 heteroatoms. The Morgan fingerprint density at radius 1 is 1.13 bits per heavy atom. The maximum atomic E-state index is 13.4. The van der Waals surface area contributed by atoms with Gasteiger partial charge in [0, 0.05) is 35.3 Å². The molecule has 0 bridgehead atoms. The molecule has 0 radical (unpaired) electrons. The number of Topliss-reactive ketones (excluding diaryl/α,β-unsaturated/α-hetero) is 1. The van der Waals surface area contributed by atoms with Crippen LogP contribution in [0, 0.1) is 5.92 Å². The van der Waals surface area contributed by atoms with Gasteiger partial charge in [-0.15, -0.1) is 0 Å². The van der Waals surface area contributed by atoms with Crippen LogP contribution in [0.15, 0.2) is 71.0 Å². The van der Waals surface area contributed by atoms with Crippen LogP contribution in [0.3, 0.4) is 0 Å². The number of carbonyl (C=O) groups is 2. The van der Waals surface area contributed by atoms with Crippen molar-refractivity contribution in [3.8, 4) is 0 Å². The Morgan fingerprint density at radius 3 is 2.55 bits per heavy atom. The Balaban J connectivity index is 1.76. The number of rotatable bonds is 5. The number of aliphatic imine (C=N–C) groups is 1. The minimum atomic E-state index is -0.639. The van der Waals surface area contributed by atoms with Gasteiger partial charge in [-0.2, -0.15) is 0 Å². The number of esters is 1. The van der Waals surface area contributed by atoms with Gasteiger partial charge in [0.15, 0.2) is 5.78 Å². The third kappa shape index (κ3) is 4.22. The fourth-order valence-electron chi connectivity index (χ4n) is 4.56. The van der Waals surface area contributed by atoms with Gasteiger partial charge < -0.3 is 4.74 Å². The van der Waals surface area contributed by atoms with Crippen molar-refractivity contribution in [3.05, 3.63) is 77.3 Å². The van der Waals surface area contributed by atoms with E-state index >= 15 is 0 Å². The summed E-state index contributed by atoms with van der Waals surface area (Å²) in [6.07, 6.45) is 3.33. The van der Waals surface area contributed by atoms with Crippen molar-refractivity contribution >= 4 is 17.5 Å². The molecule has 1 aliphatic carbocycles. The maximum Gasteiger partial charge on any atom is 0.315 e. The van der Waals surface area contributed by atoms with Gasteiger partial charge in [0.2, 0.25) is 0 Å². The van der Waals surface area contributed by atoms with E-state index in [4.69, 9.17) is 9.73 Å². The molecule has 4 rings (SSSR count). The van der Waals surface area contributed by atoms with E-state index in [9.17, 15) is 9.59 Å². The van der Waals surface area contributed by atoms with Gasteiger partial charge in [0.05, 0.1) is 12.0 Å². The minimum Gasteiger partial charge on any atom is -0.462 e. The summed E-state index contributed by atoms with van der Waals surface area (Å²) in [6.45, 7) is 5.72. The highest BCUT2D eigenvalue weighted by molar-refractivity contribution is 6.09. The highest BCUT2D eigenvalue weighted by atomic mass is 16.5. The molecule has 0 fully saturated rings. The summed E-state index contributed by atoms with van der Waals surface area (Å²) in [4.78, 5) is 35.9. The van der Waals surface area contributed by atoms with Crippen LogP contribution >= 0.6 is 0 Å². The van der Waals surface area contributed by atoms with Crippen molar-refractivity contribution in [2.24, 2.45) is 10.9 Å². The van der Waals surface area contributed by atoms with Crippen LogP contribution in [0.2, 0.25) is 0 Å². The summed E-state index contributed by atoms with van der Waals surface area (Å²) in [5.74, 6) is -1.30. The fourth-order valence-corrected chi connectivity index (χ4v) is 4.56. The average molecular weight is 417 g/mol. The van der Waals surface area contributed by atoms with Crippen LogP contribution in [0.1, 0.15) is 63.1 Å². The van der Waals surface area contributed by atoms with E-state index < -0.39 is 11.8 Å². The summed E-state index contributed by atoms with van der Waals surface area (Å²) >= 11 is 0. The summed E-state index contributed by atoms with van der Waals surface area (Å²) < 4.78 is 5.69. The first-order valence-electron chi connectivity index (χ1n) is 11.0. The number of ketones is 1. The van der Waals surface area contributed by atoms with Crippen LogP contribution < -0.4 is 0 Å². The molecule has 1 aromatic carbocycles. The second-order valence-electron chi connectivity index (χ2n) is 8.42. The predicted octanol–water partition coefficient (Wildman–Crippen LogP) is 5.00. The maximum absolute atomic E-state index is 13.4. The number of benzene rings is 1. The Kier molecular flexibility index (Phi) is 6.12. The number of ether oxygens (including phenoxy) is 1. The Morgan fingerprint density at radius 2 is 1.87 bits per heavy atom. The van der Waals surface area contributed by atoms with Crippen molar-refractivity contribution in [2.75, 3.05) is 0 Å². The first-order chi connectivity index (χ1) is 15.0. The van der Waals surface area contributed by atoms with E-state index in [-0.39, 0.29) is 23.8 Å². The van der Waals surface area contributed by atoms with Crippen molar-refractivity contribution in [1.29, 1.82) is 0 Å². The van der Waals surface area contributed by atoms with Crippen LogP contribution in [-0.2, 0) is 14.3 Å². The minimum absolute atomic E-state index is 0.0448. The van der Waals surface area contributed by atoms with Crippen LogP contribution in [0.25, 0.3) is 0 Å². The lowest BCUT2D eigenvalue weighted by Crippen LogP contribution is -2.39. The standard InChI is InChI=1S/C26H28N2O3/c1-4-16(2)31-26(30)23-17(3)28-21-14-19(18-10-6-5-7-11-18)15-22(29)24(21)25(23)20-12-8-9-13-27-20/h5-13,16,19,23,25H,4,14-15H2,1-3H3/t16-,19+,23?,25-/m0/s1. The first kappa shape index (κ1) is 21.2. The van der Waals surface area contributed by atoms with Crippen LogP contribution in [0.5, 0.6) is 0 Å². The number of pyridine rings is 1. The first-order valence-corrected chi connectivity index (χ1v) is 11.0. The zero-order chi connectivity index (χ0) is 22.0. The topological polar surface area (TPSA) is 68.6 Å². The summed E-state index contributed by atoms with van der Waals surface area (Å²) in [5.41, 5.74) is 3.95.